The minimum Gasteiger partial charge on any atom is -0.300 e. The Morgan fingerprint density at radius 2 is 0.826 bits per heavy atom. The van der Waals surface area contributed by atoms with E-state index >= 15 is 0 Å². The fourth-order valence-electron chi connectivity index (χ4n) is 3.52. The molecule has 0 aromatic heterocycles. The molecule has 0 saturated carbocycles. The first-order valence-electron chi connectivity index (χ1n) is 9.94. The van der Waals surface area contributed by atoms with Crippen LogP contribution in [0.5, 0.6) is 0 Å². The predicted octanol–water partition coefficient (Wildman–Crippen LogP) is 6.43. The minimum atomic E-state index is 0.448. The number of rotatable bonds is 0. The summed E-state index contributed by atoms with van der Waals surface area (Å²) in [5.41, 5.74) is 2.77. The highest BCUT2D eigenvalue weighted by Crippen LogP contribution is 2.15. The highest BCUT2D eigenvalue weighted by Gasteiger charge is 2.04. The maximum Gasteiger partial charge on any atom is 0.133 e. The molecule has 2 aliphatic rings. The molecule has 0 unspecified atom stereocenters. The van der Waals surface area contributed by atoms with Crippen molar-refractivity contribution in [3.05, 3.63) is 35.4 Å². The van der Waals surface area contributed by atoms with Gasteiger partial charge in [-0.3, -0.25) is 4.79 Å². The Labute approximate surface area is 142 Å². The van der Waals surface area contributed by atoms with E-state index in [1.807, 2.05) is 0 Å². The molecule has 0 aliphatic heterocycles. The molecule has 0 atom stereocenters. The molecule has 1 nitrogen and oxygen atoms in total. The lowest BCUT2D eigenvalue weighted by Gasteiger charge is -2.06. The number of Topliss-reactive ketones (excluding diaryl/α,β-unsaturated/α-hetero) is 1. The second-order valence-corrected chi connectivity index (χ2v) is 7.24. The molecule has 0 radical (unpaired) electrons. The first-order chi connectivity index (χ1) is 11.3. The Morgan fingerprint density at radius 3 is 1.35 bits per heavy atom. The Morgan fingerprint density at radius 1 is 0.435 bits per heavy atom. The summed E-state index contributed by atoms with van der Waals surface area (Å²) in [6.07, 6.45) is 18.3. The lowest BCUT2D eigenvalue weighted by Crippen LogP contribution is -2.00. The molecule has 3 rings (SSSR count). The Balaban J connectivity index is 1.80. The maximum atomic E-state index is 12.0. The number of hydrogen-bond acceptors (Lipinski definition) is 1. The molecule has 1 aromatic rings. The van der Waals surface area contributed by atoms with Crippen LogP contribution in [-0.2, 0) is 17.6 Å². The quantitative estimate of drug-likeness (QED) is 0.539. The van der Waals surface area contributed by atoms with Gasteiger partial charge in [0.15, 0.2) is 0 Å². The monoisotopic (exact) mass is 314 g/mol. The van der Waals surface area contributed by atoms with Crippen LogP contribution in [0.2, 0.25) is 0 Å². The third-order valence-electron chi connectivity index (χ3n) is 5.14. The van der Waals surface area contributed by atoms with Crippen molar-refractivity contribution in [3.63, 3.8) is 0 Å². The smallest absolute Gasteiger partial charge is 0.133 e. The highest BCUT2D eigenvalue weighted by atomic mass is 16.1. The summed E-state index contributed by atoms with van der Waals surface area (Å²) >= 11 is 0. The molecule has 0 spiro atoms. The third kappa shape index (κ3) is 8.34. The van der Waals surface area contributed by atoms with Crippen LogP contribution in [0.3, 0.4) is 0 Å². The van der Waals surface area contributed by atoms with Crippen LogP contribution in [0.1, 0.15) is 94.6 Å². The van der Waals surface area contributed by atoms with Gasteiger partial charge in [-0.15, -0.1) is 0 Å². The van der Waals surface area contributed by atoms with Crippen molar-refractivity contribution < 1.29 is 4.79 Å². The van der Waals surface area contributed by atoms with Gasteiger partial charge in [0.1, 0.15) is 5.78 Å². The number of ketones is 1. The van der Waals surface area contributed by atoms with Gasteiger partial charge >= 0.3 is 0 Å². The van der Waals surface area contributed by atoms with E-state index in [1.165, 1.54) is 81.8 Å². The van der Waals surface area contributed by atoms with Crippen LogP contribution in [0.15, 0.2) is 24.3 Å². The first kappa shape index (κ1) is 18.2. The average Bonchev–Trinajstić information content (AvgIpc) is 2.57. The Hall–Kier alpha value is -1.11. The highest BCUT2D eigenvalue weighted by molar-refractivity contribution is 5.78. The zero-order valence-electron chi connectivity index (χ0n) is 14.8. The standard InChI is InChI=1S/C22H34O/c23-22-13-11-9-7-5-3-1-2-4-6-8-10-12-20-14-16-21(17-15-20)18-19-22/h14-17H,1-13,18-19H2. The van der Waals surface area contributed by atoms with Crippen molar-refractivity contribution in [1.29, 1.82) is 0 Å². The van der Waals surface area contributed by atoms with Gasteiger partial charge in [-0.1, -0.05) is 82.1 Å². The summed E-state index contributed by atoms with van der Waals surface area (Å²) in [5.74, 6) is 0.448. The number of carbonyl (C=O) groups excluding carboxylic acids is 1. The maximum absolute atomic E-state index is 12.0. The molecule has 0 fully saturated rings. The molecule has 0 N–H and O–H groups in total. The van der Waals surface area contributed by atoms with Crippen molar-refractivity contribution in [2.75, 3.05) is 0 Å². The first-order valence-corrected chi connectivity index (χ1v) is 9.94. The lowest BCUT2D eigenvalue weighted by molar-refractivity contribution is -0.119. The predicted molar refractivity (Wildman–Crippen MR) is 98.9 cm³/mol. The number of carbonyl (C=O) groups is 1. The molecule has 2 bridgehead atoms. The van der Waals surface area contributed by atoms with E-state index in [0.717, 1.165) is 25.7 Å². The van der Waals surface area contributed by atoms with Crippen LogP contribution >= 0.6 is 0 Å². The van der Waals surface area contributed by atoms with Crippen LogP contribution in [-0.4, -0.2) is 5.78 Å². The molecule has 0 heterocycles. The number of aryl methyl sites for hydroxylation is 2. The van der Waals surface area contributed by atoms with Crippen LogP contribution in [0.25, 0.3) is 0 Å². The molecular formula is C22H34O. The molecule has 2 aliphatic carbocycles. The average molecular weight is 315 g/mol. The summed E-state index contributed by atoms with van der Waals surface area (Å²) < 4.78 is 0. The molecular weight excluding hydrogens is 280 g/mol. The van der Waals surface area contributed by atoms with E-state index in [4.69, 9.17) is 0 Å². The summed E-state index contributed by atoms with van der Waals surface area (Å²) in [6, 6.07) is 8.97. The SMILES string of the molecule is O=C1CCCCCCCCCCCCCc2ccc(cc2)CC1. The van der Waals surface area contributed by atoms with E-state index in [2.05, 4.69) is 24.3 Å². The number of benzene rings is 1. The van der Waals surface area contributed by atoms with Gasteiger partial charge < -0.3 is 0 Å². The van der Waals surface area contributed by atoms with Crippen LogP contribution in [0.4, 0.5) is 0 Å². The zero-order valence-corrected chi connectivity index (χ0v) is 14.8. The topological polar surface area (TPSA) is 17.1 Å². The lowest BCUT2D eigenvalue weighted by atomic mass is 9.99. The van der Waals surface area contributed by atoms with E-state index in [1.54, 1.807) is 0 Å². The summed E-state index contributed by atoms with van der Waals surface area (Å²) in [6.45, 7) is 0. The van der Waals surface area contributed by atoms with Gasteiger partial charge in [-0.05, 0) is 36.8 Å². The minimum absolute atomic E-state index is 0.448. The van der Waals surface area contributed by atoms with E-state index < -0.39 is 0 Å². The third-order valence-corrected chi connectivity index (χ3v) is 5.14. The van der Waals surface area contributed by atoms with Crippen molar-refractivity contribution in [2.24, 2.45) is 0 Å². The fraction of sp³-hybridized carbons (Fsp3) is 0.682. The fourth-order valence-corrected chi connectivity index (χ4v) is 3.52. The largest absolute Gasteiger partial charge is 0.300 e. The van der Waals surface area contributed by atoms with Gasteiger partial charge in [0.25, 0.3) is 0 Å². The van der Waals surface area contributed by atoms with Gasteiger partial charge in [0.2, 0.25) is 0 Å². The molecule has 0 amide bonds. The second-order valence-electron chi connectivity index (χ2n) is 7.24. The molecule has 1 heteroatoms. The molecule has 1 aromatic carbocycles. The molecule has 23 heavy (non-hydrogen) atoms. The number of fused-ring (bicyclic) bond motifs is 17. The van der Waals surface area contributed by atoms with Gasteiger partial charge in [0, 0.05) is 12.8 Å². The van der Waals surface area contributed by atoms with E-state index in [9.17, 15) is 4.79 Å². The zero-order chi connectivity index (χ0) is 16.2. The Kier molecular flexibility index (Phi) is 9.06. The van der Waals surface area contributed by atoms with Gasteiger partial charge in [0.05, 0.1) is 0 Å². The van der Waals surface area contributed by atoms with Crippen LogP contribution in [0, 0.1) is 0 Å². The normalized spacial score (nSPS) is 20.3. The Bertz CT molecular complexity index is 432. The number of hydrogen-bond donors (Lipinski definition) is 0. The molecule has 128 valence electrons. The van der Waals surface area contributed by atoms with Gasteiger partial charge in [-0.2, -0.15) is 0 Å². The summed E-state index contributed by atoms with van der Waals surface area (Å²) in [4.78, 5) is 12.0. The van der Waals surface area contributed by atoms with Crippen molar-refractivity contribution >= 4 is 5.78 Å². The van der Waals surface area contributed by atoms with Crippen molar-refractivity contribution in [1.82, 2.24) is 0 Å². The summed E-state index contributed by atoms with van der Waals surface area (Å²) in [5, 5.41) is 0. The second kappa shape index (κ2) is 11.4. The van der Waals surface area contributed by atoms with E-state index in [0.29, 0.717) is 5.78 Å². The van der Waals surface area contributed by atoms with E-state index in [-0.39, 0.29) is 0 Å². The van der Waals surface area contributed by atoms with Crippen LogP contribution < -0.4 is 0 Å². The molecule has 0 saturated heterocycles. The van der Waals surface area contributed by atoms with Crippen molar-refractivity contribution in [3.8, 4) is 0 Å². The summed E-state index contributed by atoms with van der Waals surface area (Å²) in [7, 11) is 0. The van der Waals surface area contributed by atoms with Crippen molar-refractivity contribution in [2.45, 2.75) is 96.3 Å². The van der Waals surface area contributed by atoms with Gasteiger partial charge in [-0.25, -0.2) is 0 Å².